The third-order valence-corrected chi connectivity index (χ3v) is 4.89. The molecule has 0 aromatic heterocycles. The van der Waals surface area contributed by atoms with Gasteiger partial charge in [-0.15, -0.1) is 0 Å². The second kappa shape index (κ2) is 6.94. The summed E-state index contributed by atoms with van der Waals surface area (Å²) in [6, 6.07) is 26.8. The normalized spacial score (nSPS) is 13.4. The Balaban J connectivity index is 1.50. The van der Waals surface area contributed by atoms with Crippen molar-refractivity contribution in [2.75, 3.05) is 0 Å². The first-order valence-electron chi connectivity index (χ1n) is 8.79. The molecule has 0 heterocycles. The summed E-state index contributed by atoms with van der Waals surface area (Å²) in [6.07, 6.45) is 2.61. The molecule has 0 radical (unpaired) electrons. The van der Waals surface area contributed by atoms with Crippen LogP contribution >= 0.6 is 0 Å². The van der Waals surface area contributed by atoms with Crippen molar-refractivity contribution in [3.8, 4) is 0 Å². The van der Waals surface area contributed by atoms with Crippen molar-refractivity contribution in [2.45, 2.75) is 25.3 Å². The monoisotopic (exact) mass is 327 g/mol. The molecule has 1 aliphatic rings. The minimum Gasteiger partial charge on any atom is -0.349 e. The van der Waals surface area contributed by atoms with Crippen LogP contribution in [0.25, 0.3) is 0 Å². The van der Waals surface area contributed by atoms with Crippen LogP contribution < -0.4 is 5.32 Å². The van der Waals surface area contributed by atoms with Gasteiger partial charge in [0.15, 0.2) is 0 Å². The zero-order chi connectivity index (χ0) is 17.1. The van der Waals surface area contributed by atoms with E-state index in [0.29, 0.717) is 0 Å². The number of benzene rings is 3. The van der Waals surface area contributed by atoms with Gasteiger partial charge in [-0.2, -0.15) is 0 Å². The zero-order valence-corrected chi connectivity index (χ0v) is 14.1. The van der Waals surface area contributed by atoms with Crippen LogP contribution in [-0.4, -0.2) is 11.9 Å². The average molecular weight is 327 g/mol. The van der Waals surface area contributed by atoms with Crippen LogP contribution in [-0.2, 0) is 19.3 Å². The standard InChI is InChI=1S/C23H21NO/c25-23(24-21-15-18-10-4-5-11-19(18)16-21)22-13-7-6-12-20(22)14-17-8-2-1-3-9-17/h1-13,21H,14-16H2,(H,24,25). The van der Waals surface area contributed by atoms with Crippen molar-refractivity contribution in [3.63, 3.8) is 0 Å². The lowest BCUT2D eigenvalue weighted by Crippen LogP contribution is -2.35. The highest BCUT2D eigenvalue weighted by Gasteiger charge is 2.23. The van der Waals surface area contributed by atoms with E-state index in [-0.39, 0.29) is 11.9 Å². The molecule has 1 aliphatic carbocycles. The molecule has 0 fully saturated rings. The van der Waals surface area contributed by atoms with E-state index in [1.54, 1.807) is 0 Å². The van der Waals surface area contributed by atoms with Gasteiger partial charge in [-0.1, -0.05) is 72.8 Å². The lowest BCUT2D eigenvalue weighted by atomic mass is 9.99. The molecule has 3 aromatic carbocycles. The summed E-state index contributed by atoms with van der Waals surface area (Å²) in [6.45, 7) is 0. The molecular weight excluding hydrogens is 306 g/mol. The molecular formula is C23H21NO. The highest BCUT2D eigenvalue weighted by Crippen LogP contribution is 2.22. The van der Waals surface area contributed by atoms with E-state index in [9.17, 15) is 4.79 Å². The summed E-state index contributed by atoms with van der Waals surface area (Å²) in [5, 5.41) is 3.23. The van der Waals surface area contributed by atoms with E-state index < -0.39 is 0 Å². The molecule has 2 nitrogen and oxygen atoms in total. The van der Waals surface area contributed by atoms with Crippen LogP contribution in [0.5, 0.6) is 0 Å². The summed E-state index contributed by atoms with van der Waals surface area (Å²) in [5.41, 5.74) is 5.77. The smallest absolute Gasteiger partial charge is 0.251 e. The Morgan fingerprint density at radius 2 is 1.40 bits per heavy atom. The predicted molar refractivity (Wildman–Crippen MR) is 101 cm³/mol. The van der Waals surface area contributed by atoms with E-state index >= 15 is 0 Å². The van der Waals surface area contributed by atoms with E-state index in [4.69, 9.17) is 0 Å². The van der Waals surface area contributed by atoms with Crippen molar-refractivity contribution >= 4 is 5.91 Å². The molecule has 124 valence electrons. The summed E-state index contributed by atoms with van der Waals surface area (Å²) < 4.78 is 0. The lowest BCUT2D eigenvalue weighted by molar-refractivity contribution is 0.0938. The average Bonchev–Trinajstić information content (AvgIpc) is 3.05. The van der Waals surface area contributed by atoms with Gasteiger partial charge in [-0.05, 0) is 47.6 Å². The minimum absolute atomic E-state index is 0.0318. The number of fused-ring (bicyclic) bond motifs is 1. The Morgan fingerprint density at radius 3 is 2.12 bits per heavy atom. The molecule has 0 saturated carbocycles. The van der Waals surface area contributed by atoms with Crippen LogP contribution in [0, 0.1) is 0 Å². The predicted octanol–water partition coefficient (Wildman–Crippen LogP) is 4.17. The maximum atomic E-state index is 12.9. The molecule has 1 amide bonds. The Labute approximate surface area is 148 Å². The van der Waals surface area contributed by atoms with E-state index in [0.717, 1.165) is 30.4 Å². The number of hydrogen-bond donors (Lipinski definition) is 1. The summed E-state index contributed by atoms with van der Waals surface area (Å²) in [4.78, 5) is 12.9. The van der Waals surface area contributed by atoms with Gasteiger partial charge >= 0.3 is 0 Å². The topological polar surface area (TPSA) is 29.1 Å². The fourth-order valence-corrected chi connectivity index (χ4v) is 3.64. The van der Waals surface area contributed by atoms with Crippen LogP contribution in [0.3, 0.4) is 0 Å². The highest BCUT2D eigenvalue weighted by atomic mass is 16.1. The number of amides is 1. The van der Waals surface area contributed by atoms with Crippen LogP contribution in [0.15, 0.2) is 78.9 Å². The molecule has 0 spiro atoms. The molecule has 4 rings (SSSR count). The number of carbonyl (C=O) groups is 1. The summed E-state index contributed by atoms with van der Waals surface area (Å²) in [5.74, 6) is 0.0318. The van der Waals surface area contributed by atoms with E-state index in [2.05, 4.69) is 41.7 Å². The van der Waals surface area contributed by atoms with Gasteiger partial charge in [-0.25, -0.2) is 0 Å². The maximum Gasteiger partial charge on any atom is 0.251 e. The second-order valence-electron chi connectivity index (χ2n) is 6.67. The Morgan fingerprint density at radius 1 is 0.800 bits per heavy atom. The van der Waals surface area contributed by atoms with Crippen LogP contribution in [0.4, 0.5) is 0 Å². The Bertz CT molecular complexity index is 860. The highest BCUT2D eigenvalue weighted by molar-refractivity contribution is 5.96. The van der Waals surface area contributed by atoms with Crippen molar-refractivity contribution in [3.05, 3.63) is 107 Å². The molecule has 0 unspecified atom stereocenters. The first kappa shape index (κ1) is 15.6. The van der Waals surface area contributed by atoms with Gasteiger partial charge in [-0.3, -0.25) is 4.79 Å². The molecule has 1 N–H and O–H groups in total. The summed E-state index contributed by atoms with van der Waals surface area (Å²) >= 11 is 0. The van der Waals surface area contributed by atoms with Crippen molar-refractivity contribution in [1.29, 1.82) is 0 Å². The second-order valence-corrected chi connectivity index (χ2v) is 6.67. The molecule has 25 heavy (non-hydrogen) atoms. The van der Waals surface area contributed by atoms with Crippen molar-refractivity contribution in [1.82, 2.24) is 5.32 Å². The minimum atomic E-state index is 0.0318. The first-order valence-corrected chi connectivity index (χ1v) is 8.79. The molecule has 0 aliphatic heterocycles. The summed E-state index contributed by atoms with van der Waals surface area (Å²) in [7, 11) is 0. The first-order chi connectivity index (χ1) is 12.3. The van der Waals surface area contributed by atoms with Crippen molar-refractivity contribution < 1.29 is 4.79 Å². The van der Waals surface area contributed by atoms with Crippen LogP contribution in [0.2, 0.25) is 0 Å². The number of rotatable bonds is 4. The third kappa shape index (κ3) is 3.48. The van der Waals surface area contributed by atoms with Gasteiger partial charge in [0.1, 0.15) is 0 Å². The quantitative estimate of drug-likeness (QED) is 0.765. The fraction of sp³-hybridized carbons (Fsp3) is 0.174. The van der Waals surface area contributed by atoms with Gasteiger partial charge in [0.25, 0.3) is 5.91 Å². The SMILES string of the molecule is O=C(NC1Cc2ccccc2C1)c1ccccc1Cc1ccccc1. The Kier molecular flexibility index (Phi) is 4.34. The molecule has 0 saturated heterocycles. The third-order valence-electron chi connectivity index (χ3n) is 4.89. The molecule has 2 heteroatoms. The fourth-order valence-electron chi connectivity index (χ4n) is 3.64. The maximum absolute atomic E-state index is 12.9. The number of carbonyl (C=O) groups excluding carboxylic acids is 1. The lowest BCUT2D eigenvalue weighted by Gasteiger charge is -2.15. The number of hydrogen-bond acceptors (Lipinski definition) is 1. The number of nitrogens with one attached hydrogen (secondary N) is 1. The molecule has 3 aromatic rings. The van der Waals surface area contributed by atoms with E-state index in [1.165, 1.54) is 16.7 Å². The largest absolute Gasteiger partial charge is 0.349 e. The van der Waals surface area contributed by atoms with E-state index in [1.807, 2.05) is 42.5 Å². The van der Waals surface area contributed by atoms with Gasteiger partial charge in [0.05, 0.1) is 0 Å². The molecule has 0 bridgehead atoms. The van der Waals surface area contributed by atoms with Crippen LogP contribution in [0.1, 0.15) is 32.6 Å². The molecule has 0 atom stereocenters. The Hall–Kier alpha value is -2.87. The van der Waals surface area contributed by atoms with Gasteiger partial charge in [0, 0.05) is 11.6 Å². The van der Waals surface area contributed by atoms with Gasteiger partial charge < -0.3 is 5.32 Å². The van der Waals surface area contributed by atoms with Crippen molar-refractivity contribution in [2.24, 2.45) is 0 Å². The zero-order valence-electron chi connectivity index (χ0n) is 14.1. The van der Waals surface area contributed by atoms with Gasteiger partial charge in [0.2, 0.25) is 0 Å².